The van der Waals surface area contributed by atoms with Gasteiger partial charge in [0.25, 0.3) is 5.69 Å². The second-order valence-corrected chi connectivity index (χ2v) is 6.67. The molecule has 0 bridgehead atoms. The predicted octanol–water partition coefficient (Wildman–Crippen LogP) is 3.35. The number of amides is 1. The van der Waals surface area contributed by atoms with Gasteiger partial charge in [0.2, 0.25) is 0 Å². The summed E-state index contributed by atoms with van der Waals surface area (Å²) in [6.07, 6.45) is -0.0491. The van der Waals surface area contributed by atoms with E-state index in [1.165, 1.54) is 12.1 Å². The van der Waals surface area contributed by atoms with Crippen LogP contribution in [0.25, 0.3) is 0 Å². The summed E-state index contributed by atoms with van der Waals surface area (Å²) in [4.78, 5) is 24.7. The zero-order valence-electron chi connectivity index (χ0n) is 14.6. The number of hydrogen-bond donors (Lipinski definition) is 1. The average Bonchev–Trinajstić information content (AvgIpc) is 2.36. The number of carbonyl (C=O) groups is 1. The summed E-state index contributed by atoms with van der Waals surface area (Å²) in [5.41, 5.74) is 1.30. The molecular weight excluding hydrogens is 298 g/mol. The van der Waals surface area contributed by atoms with Crippen molar-refractivity contribution in [2.75, 3.05) is 26.0 Å². The SMILES string of the molecule is Cc1c(NC(=O)OC(C)(C)C)ccc([N+](=O)[O-])c1CCN(C)C. The molecule has 0 fully saturated rings. The smallest absolute Gasteiger partial charge is 0.412 e. The van der Waals surface area contributed by atoms with E-state index in [0.717, 1.165) is 0 Å². The van der Waals surface area contributed by atoms with Crippen molar-refractivity contribution < 1.29 is 14.5 Å². The Bertz CT molecular complexity index is 592. The van der Waals surface area contributed by atoms with Gasteiger partial charge in [-0.25, -0.2) is 4.79 Å². The predicted molar refractivity (Wildman–Crippen MR) is 89.9 cm³/mol. The fraction of sp³-hybridized carbons (Fsp3) is 0.562. The van der Waals surface area contributed by atoms with E-state index in [2.05, 4.69) is 5.32 Å². The Hall–Kier alpha value is -2.15. The molecule has 1 amide bonds. The molecule has 0 radical (unpaired) electrons. The highest BCUT2D eigenvalue weighted by molar-refractivity contribution is 5.86. The van der Waals surface area contributed by atoms with Crippen molar-refractivity contribution in [1.29, 1.82) is 0 Å². The van der Waals surface area contributed by atoms with Crippen LogP contribution in [0.5, 0.6) is 0 Å². The Labute approximate surface area is 136 Å². The Kier molecular flexibility index (Phi) is 6.09. The van der Waals surface area contributed by atoms with Gasteiger partial charge in [0.15, 0.2) is 0 Å². The number of nitro groups is 1. The van der Waals surface area contributed by atoms with Crippen molar-refractivity contribution >= 4 is 17.5 Å². The van der Waals surface area contributed by atoms with Crippen molar-refractivity contribution in [3.05, 3.63) is 33.4 Å². The van der Waals surface area contributed by atoms with E-state index < -0.39 is 16.6 Å². The van der Waals surface area contributed by atoms with Crippen LogP contribution in [0.3, 0.4) is 0 Å². The molecule has 0 atom stereocenters. The molecule has 0 unspecified atom stereocenters. The summed E-state index contributed by atoms with van der Waals surface area (Å²) in [5.74, 6) is 0. The number of nitrogens with zero attached hydrogens (tertiary/aromatic N) is 2. The van der Waals surface area contributed by atoms with Gasteiger partial charge in [-0.2, -0.15) is 0 Å². The Morgan fingerprint density at radius 1 is 1.35 bits per heavy atom. The Morgan fingerprint density at radius 2 is 1.96 bits per heavy atom. The summed E-state index contributed by atoms with van der Waals surface area (Å²) in [6, 6.07) is 2.96. The van der Waals surface area contributed by atoms with Gasteiger partial charge in [0.05, 0.1) is 4.92 Å². The topological polar surface area (TPSA) is 84.7 Å². The van der Waals surface area contributed by atoms with Crippen LogP contribution in [0.15, 0.2) is 12.1 Å². The van der Waals surface area contributed by atoms with Gasteiger partial charge >= 0.3 is 6.09 Å². The highest BCUT2D eigenvalue weighted by Crippen LogP contribution is 2.29. The van der Waals surface area contributed by atoms with Crippen LogP contribution in [0.2, 0.25) is 0 Å². The zero-order chi connectivity index (χ0) is 17.8. The number of rotatable bonds is 5. The van der Waals surface area contributed by atoms with Gasteiger partial charge in [-0.3, -0.25) is 15.4 Å². The summed E-state index contributed by atoms with van der Waals surface area (Å²) >= 11 is 0. The number of hydrogen-bond acceptors (Lipinski definition) is 5. The highest BCUT2D eigenvalue weighted by atomic mass is 16.6. The number of anilines is 1. The van der Waals surface area contributed by atoms with E-state index >= 15 is 0 Å². The number of likely N-dealkylation sites (N-methyl/N-ethyl adjacent to an activating group) is 1. The minimum absolute atomic E-state index is 0.0686. The molecule has 0 aromatic heterocycles. The number of nitrogens with one attached hydrogen (secondary N) is 1. The van der Waals surface area contributed by atoms with Crippen LogP contribution in [0.4, 0.5) is 16.2 Å². The molecule has 0 saturated heterocycles. The summed E-state index contributed by atoms with van der Waals surface area (Å²) in [7, 11) is 3.81. The van der Waals surface area contributed by atoms with E-state index in [0.29, 0.717) is 29.8 Å². The first-order valence-corrected chi connectivity index (χ1v) is 7.43. The maximum atomic E-state index is 11.9. The van der Waals surface area contributed by atoms with Crippen molar-refractivity contribution in [3.63, 3.8) is 0 Å². The monoisotopic (exact) mass is 323 g/mol. The largest absolute Gasteiger partial charge is 0.444 e. The van der Waals surface area contributed by atoms with Gasteiger partial charge in [-0.15, -0.1) is 0 Å². The molecule has 0 heterocycles. The van der Waals surface area contributed by atoms with Gasteiger partial charge in [0.1, 0.15) is 5.60 Å². The van der Waals surface area contributed by atoms with E-state index in [1.807, 2.05) is 19.0 Å². The van der Waals surface area contributed by atoms with Crippen LogP contribution >= 0.6 is 0 Å². The molecular formula is C16H25N3O4. The van der Waals surface area contributed by atoms with Gasteiger partial charge in [0, 0.05) is 23.9 Å². The normalized spacial score (nSPS) is 11.4. The van der Waals surface area contributed by atoms with Gasteiger partial charge < -0.3 is 9.64 Å². The molecule has 0 aliphatic rings. The Morgan fingerprint density at radius 3 is 2.43 bits per heavy atom. The summed E-state index contributed by atoms with van der Waals surface area (Å²) in [6.45, 7) is 7.77. The number of nitro benzene ring substituents is 1. The summed E-state index contributed by atoms with van der Waals surface area (Å²) < 4.78 is 5.22. The van der Waals surface area contributed by atoms with Crippen molar-refractivity contribution in [3.8, 4) is 0 Å². The maximum Gasteiger partial charge on any atom is 0.412 e. The zero-order valence-corrected chi connectivity index (χ0v) is 14.6. The van der Waals surface area contributed by atoms with Crippen LogP contribution in [-0.4, -0.2) is 42.2 Å². The first kappa shape index (κ1) is 18.9. The Balaban J connectivity index is 3.08. The molecule has 1 rings (SSSR count). The van der Waals surface area contributed by atoms with Gasteiger partial charge in [-0.05, 0) is 59.8 Å². The lowest BCUT2D eigenvalue weighted by molar-refractivity contribution is -0.385. The second-order valence-electron chi connectivity index (χ2n) is 6.67. The number of carbonyl (C=O) groups excluding carboxylic acids is 1. The van der Waals surface area contributed by atoms with E-state index in [-0.39, 0.29) is 5.69 Å². The third kappa shape index (κ3) is 5.86. The molecule has 7 nitrogen and oxygen atoms in total. The third-order valence-corrected chi connectivity index (χ3v) is 3.22. The van der Waals surface area contributed by atoms with Crippen molar-refractivity contribution in [2.24, 2.45) is 0 Å². The molecule has 0 spiro atoms. The molecule has 23 heavy (non-hydrogen) atoms. The number of ether oxygens (including phenoxy) is 1. The second kappa shape index (κ2) is 7.41. The molecule has 7 heteroatoms. The highest BCUT2D eigenvalue weighted by Gasteiger charge is 2.21. The molecule has 1 aromatic rings. The van der Waals surface area contributed by atoms with E-state index in [9.17, 15) is 14.9 Å². The quantitative estimate of drug-likeness (QED) is 0.663. The molecule has 0 aliphatic heterocycles. The third-order valence-electron chi connectivity index (χ3n) is 3.22. The van der Waals surface area contributed by atoms with Crippen LogP contribution in [-0.2, 0) is 11.2 Å². The minimum Gasteiger partial charge on any atom is -0.444 e. The van der Waals surface area contributed by atoms with Crippen molar-refractivity contribution in [1.82, 2.24) is 4.90 Å². The molecule has 128 valence electrons. The minimum atomic E-state index is -0.605. The maximum absolute atomic E-state index is 11.9. The lowest BCUT2D eigenvalue weighted by atomic mass is 10.0. The standard InChI is InChI=1S/C16H25N3O4/c1-11-12(9-10-18(5)6)14(19(21)22)8-7-13(11)17-15(20)23-16(2,3)4/h7-8H,9-10H2,1-6H3,(H,17,20). The van der Waals surface area contributed by atoms with Gasteiger partial charge in [-0.1, -0.05) is 0 Å². The molecule has 0 saturated carbocycles. The van der Waals surface area contributed by atoms with E-state index in [4.69, 9.17) is 4.74 Å². The molecule has 0 aliphatic carbocycles. The first-order chi connectivity index (χ1) is 10.5. The van der Waals surface area contributed by atoms with Crippen LogP contribution in [0.1, 0.15) is 31.9 Å². The van der Waals surface area contributed by atoms with Crippen molar-refractivity contribution in [2.45, 2.75) is 39.7 Å². The average molecular weight is 323 g/mol. The molecule has 1 aromatic carbocycles. The first-order valence-electron chi connectivity index (χ1n) is 7.43. The number of benzene rings is 1. The summed E-state index contributed by atoms with van der Waals surface area (Å²) in [5, 5.41) is 13.9. The molecule has 1 N–H and O–H groups in total. The fourth-order valence-electron chi connectivity index (χ4n) is 2.11. The van der Waals surface area contributed by atoms with E-state index in [1.54, 1.807) is 27.7 Å². The van der Waals surface area contributed by atoms with Crippen LogP contribution < -0.4 is 5.32 Å². The lowest BCUT2D eigenvalue weighted by Crippen LogP contribution is -2.27. The fourth-order valence-corrected chi connectivity index (χ4v) is 2.11. The van der Waals surface area contributed by atoms with Crippen LogP contribution in [0, 0.1) is 17.0 Å². The lowest BCUT2D eigenvalue weighted by Gasteiger charge is -2.21.